The molecule has 0 bridgehead atoms. The topological polar surface area (TPSA) is 115 Å². The molecule has 9 nitrogen and oxygen atoms in total. The number of benzene rings is 2. The van der Waals surface area contributed by atoms with Crippen molar-refractivity contribution in [3.63, 3.8) is 0 Å². The van der Waals surface area contributed by atoms with E-state index in [1.807, 2.05) is 0 Å². The van der Waals surface area contributed by atoms with Gasteiger partial charge in [0.05, 0.1) is 11.3 Å². The SMILES string of the molecule is C[C@@H](OC(=O)c1ccc(-n2cncn2)cc1)C(=O)NNC(=O)c1ccccc1. The van der Waals surface area contributed by atoms with Gasteiger partial charge in [-0.1, -0.05) is 18.2 Å². The van der Waals surface area contributed by atoms with Crippen LogP contribution in [0.3, 0.4) is 0 Å². The predicted octanol–water partition coefficient (Wildman–Crippen LogP) is 1.27. The summed E-state index contributed by atoms with van der Waals surface area (Å²) in [7, 11) is 0. The Labute approximate surface area is 160 Å². The van der Waals surface area contributed by atoms with Gasteiger partial charge in [-0.3, -0.25) is 20.4 Å². The van der Waals surface area contributed by atoms with Crippen LogP contribution in [0.2, 0.25) is 0 Å². The number of hydrogen-bond donors (Lipinski definition) is 2. The Bertz CT molecular complexity index is 956. The van der Waals surface area contributed by atoms with E-state index in [-0.39, 0.29) is 5.56 Å². The average Bonchev–Trinajstić information content (AvgIpc) is 3.27. The summed E-state index contributed by atoms with van der Waals surface area (Å²) in [5, 5.41) is 3.99. The van der Waals surface area contributed by atoms with Gasteiger partial charge in [-0.25, -0.2) is 14.5 Å². The van der Waals surface area contributed by atoms with Crippen molar-refractivity contribution in [2.45, 2.75) is 13.0 Å². The van der Waals surface area contributed by atoms with Crippen LogP contribution in [0.1, 0.15) is 27.6 Å². The fraction of sp³-hybridized carbons (Fsp3) is 0.105. The van der Waals surface area contributed by atoms with Crippen molar-refractivity contribution in [2.24, 2.45) is 0 Å². The molecule has 0 saturated carbocycles. The zero-order valence-corrected chi connectivity index (χ0v) is 14.9. The van der Waals surface area contributed by atoms with E-state index < -0.39 is 23.9 Å². The lowest BCUT2D eigenvalue weighted by atomic mass is 10.2. The van der Waals surface area contributed by atoms with Gasteiger partial charge < -0.3 is 4.74 Å². The standard InChI is InChI=1S/C19H17N5O4/c1-13(17(25)22-23-18(26)14-5-3-2-4-6-14)28-19(27)15-7-9-16(10-8-15)24-12-20-11-21-24/h2-13H,1H3,(H,22,25)(H,23,26)/t13-/m1/s1. The summed E-state index contributed by atoms with van der Waals surface area (Å²) in [5.74, 6) is -1.80. The smallest absolute Gasteiger partial charge is 0.338 e. The highest BCUT2D eigenvalue weighted by Gasteiger charge is 2.19. The Morgan fingerprint density at radius 3 is 2.32 bits per heavy atom. The number of aromatic nitrogens is 3. The number of ether oxygens (including phenoxy) is 1. The van der Waals surface area contributed by atoms with E-state index in [1.165, 1.54) is 19.6 Å². The highest BCUT2D eigenvalue weighted by atomic mass is 16.5. The van der Waals surface area contributed by atoms with Gasteiger partial charge in [0.1, 0.15) is 12.7 Å². The molecule has 0 spiro atoms. The molecule has 1 aromatic heterocycles. The summed E-state index contributed by atoms with van der Waals surface area (Å²) >= 11 is 0. The summed E-state index contributed by atoms with van der Waals surface area (Å²) in [4.78, 5) is 40.0. The lowest BCUT2D eigenvalue weighted by molar-refractivity contribution is -0.129. The van der Waals surface area contributed by atoms with Gasteiger partial charge in [0.15, 0.2) is 6.10 Å². The van der Waals surface area contributed by atoms with Crippen molar-refractivity contribution in [3.8, 4) is 5.69 Å². The van der Waals surface area contributed by atoms with E-state index in [0.29, 0.717) is 5.56 Å². The fourth-order valence-corrected chi connectivity index (χ4v) is 2.26. The molecule has 28 heavy (non-hydrogen) atoms. The van der Waals surface area contributed by atoms with Crippen molar-refractivity contribution in [2.75, 3.05) is 0 Å². The maximum Gasteiger partial charge on any atom is 0.338 e. The Balaban J connectivity index is 1.52. The second-order valence-corrected chi connectivity index (χ2v) is 5.74. The van der Waals surface area contributed by atoms with Crippen LogP contribution < -0.4 is 10.9 Å². The Morgan fingerprint density at radius 2 is 1.68 bits per heavy atom. The van der Waals surface area contributed by atoms with Gasteiger partial charge in [-0.2, -0.15) is 5.10 Å². The number of nitrogens with one attached hydrogen (secondary N) is 2. The molecule has 2 aromatic carbocycles. The molecular formula is C19H17N5O4. The summed E-state index contributed by atoms with van der Waals surface area (Å²) in [5.41, 5.74) is 5.89. The third-order valence-electron chi connectivity index (χ3n) is 3.77. The molecule has 0 aliphatic carbocycles. The van der Waals surface area contributed by atoms with Crippen LogP contribution in [0.4, 0.5) is 0 Å². The van der Waals surface area contributed by atoms with Gasteiger partial charge >= 0.3 is 5.97 Å². The van der Waals surface area contributed by atoms with Crippen molar-refractivity contribution in [1.29, 1.82) is 0 Å². The molecule has 3 aromatic rings. The van der Waals surface area contributed by atoms with Crippen molar-refractivity contribution < 1.29 is 19.1 Å². The minimum absolute atomic E-state index is 0.275. The molecule has 0 saturated heterocycles. The minimum Gasteiger partial charge on any atom is -0.449 e. The summed E-state index contributed by atoms with van der Waals surface area (Å²) < 4.78 is 6.67. The Kier molecular flexibility index (Phi) is 5.75. The molecule has 1 atom stereocenters. The van der Waals surface area contributed by atoms with Gasteiger partial charge in [0.2, 0.25) is 0 Å². The van der Waals surface area contributed by atoms with E-state index in [1.54, 1.807) is 59.3 Å². The molecule has 0 aliphatic rings. The molecule has 142 valence electrons. The first-order valence-corrected chi connectivity index (χ1v) is 8.36. The number of esters is 1. The zero-order valence-electron chi connectivity index (χ0n) is 14.9. The Morgan fingerprint density at radius 1 is 0.964 bits per heavy atom. The number of carbonyl (C=O) groups excluding carboxylic acids is 3. The lowest BCUT2D eigenvalue weighted by Gasteiger charge is -2.14. The van der Waals surface area contributed by atoms with E-state index in [9.17, 15) is 14.4 Å². The molecule has 0 fully saturated rings. The zero-order chi connectivity index (χ0) is 19.9. The van der Waals surface area contributed by atoms with E-state index in [2.05, 4.69) is 20.9 Å². The third kappa shape index (κ3) is 4.58. The molecule has 9 heteroatoms. The monoisotopic (exact) mass is 379 g/mol. The minimum atomic E-state index is -1.10. The van der Waals surface area contributed by atoms with E-state index in [0.717, 1.165) is 5.69 Å². The van der Waals surface area contributed by atoms with Crippen LogP contribution in [-0.2, 0) is 9.53 Å². The largest absolute Gasteiger partial charge is 0.449 e. The highest BCUT2D eigenvalue weighted by molar-refractivity contribution is 5.96. The summed E-state index contributed by atoms with van der Waals surface area (Å²) in [6.45, 7) is 1.41. The molecule has 1 heterocycles. The second-order valence-electron chi connectivity index (χ2n) is 5.74. The van der Waals surface area contributed by atoms with Crippen LogP contribution in [0.25, 0.3) is 5.69 Å². The lowest BCUT2D eigenvalue weighted by Crippen LogP contribution is -2.46. The molecule has 3 rings (SSSR count). The maximum absolute atomic E-state index is 12.2. The van der Waals surface area contributed by atoms with Crippen molar-refractivity contribution in [1.82, 2.24) is 25.6 Å². The van der Waals surface area contributed by atoms with Gasteiger partial charge in [0.25, 0.3) is 11.8 Å². The van der Waals surface area contributed by atoms with Gasteiger partial charge in [-0.15, -0.1) is 0 Å². The Hall–Kier alpha value is -4.01. The number of hydrogen-bond acceptors (Lipinski definition) is 6. The number of nitrogens with zero attached hydrogens (tertiary/aromatic N) is 3. The van der Waals surface area contributed by atoms with Crippen LogP contribution in [0.5, 0.6) is 0 Å². The molecule has 0 aliphatic heterocycles. The van der Waals surface area contributed by atoms with Crippen LogP contribution >= 0.6 is 0 Å². The number of rotatable bonds is 5. The first-order chi connectivity index (χ1) is 13.5. The van der Waals surface area contributed by atoms with E-state index in [4.69, 9.17) is 4.74 Å². The number of amides is 2. The molecule has 0 unspecified atom stereocenters. The quantitative estimate of drug-likeness (QED) is 0.510. The van der Waals surface area contributed by atoms with E-state index >= 15 is 0 Å². The predicted molar refractivity (Wildman–Crippen MR) is 98.3 cm³/mol. The van der Waals surface area contributed by atoms with Crippen LogP contribution in [0.15, 0.2) is 67.3 Å². The molecule has 0 radical (unpaired) electrons. The van der Waals surface area contributed by atoms with Gasteiger partial charge in [0, 0.05) is 5.56 Å². The van der Waals surface area contributed by atoms with Gasteiger partial charge in [-0.05, 0) is 43.3 Å². The fourth-order valence-electron chi connectivity index (χ4n) is 2.26. The molecule has 2 amide bonds. The maximum atomic E-state index is 12.2. The normalized spacial score (nSPS) is 11.3. The first kappa shape index (κ1) is 18.8. The molecular weight excluding hydrogens is 362 g/mol. The van der Waals surface area contributed by atoms with Crippen LogP contribution in [-0.4, -0.2) is 38.7 Å². The summed E-state index contributed by atoms with van der Waals surface area (Å²) in [6, 6.07) is 14.9. The second kappa shape index (κ2) is 8.58. The average molecular weight is 379 g/mol. The van der Waals surface area contributed by atoms with Crippen LogP contribution in [0, 0.1) is 0 Å². The first-order valence-electron chi connectivity index (χ1n) is 8.36. The summed E-state index contributed by atoms with van der Waals surface area (Å²) in [6.07, 6.45) is 1.83. The number of hydrazine groups is 1. The highest BCUT2D eigenvalue weighted by Crippen LogP contribution is 2.10. The van der Waals surface area contributed by atoms with Crippen molar-refractivity contribution >= 4 is 17.8 Å². The third-order valence-corrected chi connectivity index (χ3v) is 3.77. The van der Waals surface area contributed by atoms with Crippen molar-refractivity contribution in [3.05, 3.63) is 78.4 Å². The number of carbonyl (C=O) groups is 3. The molecule has 2 N–H and O–H groups in total.